The lowest BCUT2D eigenvalue weighted by Gasteiger charge is -2.40. The number of hydrogen-bond acceptors (Lipinski definition) is 8. The van der Waals surface area contributed by atoms with Crippen molar-refractivity contribution in [3.63, 3.8) is 0 Å². The van der Waals surface area contributed by atoms with Crippen LogP contribution in [0.5, 0.6) is 0 Å². The SMILES string of the molecule is CCCC/C=C\CCCCCCC(=O)NC(COC1OC(CO)C(O)C(O)C1O)C(O)CCCCCCCCCCCCCCCCCCCCCCCCC. The number of carbonyl (C=O) groups is 1. The molecule has 1 fully saturated rings. The lowest BCUT2D eigenvalue weighted by atomic mass is 9.99. The molecule has 1 aliphatic rings. The van der Waals surface area contributed by atoms with E-state index in [2.05, 4.69) is 31.3 Å². The maximum Gasteiger partial charge on any atom is 0.220 e. The number of allylic oxidation sites excluding steroid dienone is 2. The molecule has 9 nitrogen and oxygen atoms in total. The van der Waals surface area contributed by atoms with Gasteiger partial charge in [0.05, 0.1) is 25.4 Å². The summed E-state index contributed by atoms with van der Waals surface area (Å²) in [5, 5.41) is 54.3. The zero-order valence-corrected chi connectivity index (χ0v) is 36.4. The van der Waals surface area contributed by atoms with E-state index in [4.69, 9.17) is 9.47 Å². The average molecular weight is 798 g/mol. The van der Waals surface area contributed by atoms with Gasteiger partial charge in [-0.05, 0) is 32.1 Å². The van der Waals surface area contributed by atoms with Crippen LogP contribution in [0.25, 0.3) is 0 Å². The summed E-state index contributed by atoms with van der Waals surface area (Å²) in [6.07, 6.45) is 36.7. The van der Waals surface area contributed by atoms with Gasteiger partial charge in [0.25, 0.3) is 0 Å². The molecular formula is C47H91NO8. The second-order valence-corrected chi connectivity index (χ2v) is 16.9. The fraction of sp³-hybridized carbons (Fsp3) is 0.936. The van der Waals surface area contributed by atoms with E-state index in [0.29, 0.717) is 12.8 Å². The lowest BCUT2D eigenvalue weighted by Crippen LogP contribution is -2.60. The number of aliphatic hydroxyl groups is 5. The quantitative estimate of drug-likeness (QED) is 0.0265. The first-order chi connectivity index (χ1) is 27.3. The Morgan fingerprint density at radius 1 is 0.589 bits per heavy atom. The van der Waals surface area contributed by atoms with Crippen molar-refractivity contribution in [2.75, 3.05) is 13.2 Å². The summed E-state index contributed by atoms with van der Waals surface area (Å²) in [5.74, 6) is -0.157. The van der Waals surface area contributed by atoms with Crippen LogP contribution in [0.4, 0.5) is 0 Å². The zero-order valence-electron chi connectivity index (χ0n) is 36.4. The van der Waals surface area contributed by atoms with Crippen molar-refractivity contribution in [1.29, 1.82) is 0 Å². The third-order valence-corrected chi connectivity index (χ3v) is 11.6. The molecule has 1 heterocycles. The summed E-state index contributed by atoms with van der Waals surface area (Å²) < 4.78 is 11.2. The van der Waals surface area contributed by atoms with Crippen LogP contribution in [0.3, 0.4) is 0 Å². The molecule has 7 atom stereocenters. The number of aliphatic hydroxyl groups excluding tert-OH is 5. The van der Waals surface area contributed by atoms with Crippen LogP contribution in [0.15, 0.2) is 12.2 Å². The number of carbonyl (C=O) groups excluding carboxylic acids is 1. The van der Waals surface area contributed by atoms with Crippen molar-refractivity contribution in [3.05, 3.63) is 12.2 Å². The highest BCUT2D eigenvalue weighted by Gasteiger charge is 2.44. The minimum atomic E-state index is -1.55. The fourth-order valence-corrected chi connectivity index (χ4v) is 7.73. The standard InChI is InChI=1S/C47H91NO8/c1-3-5-7-9-11-13-15-16-17-18-19-20-21-22-23-24-25-26-27-28-30-32-34-36-41(50)40(39-55-47-46(54)45(53)44(52)42(38-49)56-47)48-43(51)37-35-33-31-29-14-12-10-8-6-4-2/h10,12,40-42,44-47,49-50,52-54H,3-9,11,13-39H2,1-2H3,(H,48,51)/b12-10-. The Morgan fingerprint density at radius 2 is 1.02 bits per heavy atom. The topological polar surface area (TPSA) is 149 Å². The summed E-state index contributed by atoms with van der Waals surface area (Å²) >= 11 is 0. The van der Waals surface area contributed by atoms with E-state index in [-0.39, 0.29) is 12.5 Å². The van der Waals surface area contributed by atoms with Gasteiger partial charge in [0, 0.05) is 6.42 Å². The molecule has 1 rings (SSSR count). The fourth-order valence-electron chi connectivity index (χ4n) is 7.73. The first-order valence-electron chi connectivity index (χ1n) is 23.9. The molecule has 1 aliphatic heterocycles. The zero-order chi connectivity index (χ0) is 40.9. The van der Waals surface area contributed by atoms with Crippen molar-refractivity contribution in [2.45, 2.75) is 269 Å². The second kappa shape index (κ2) is 38.2. The van der Waals surface area contributed by atoms with Gasteiger partial charge in [-0.2, -0.15) is 0 Å². The number of amides is 1. The highest BCUT2D eigenvalue weighted by Crippen LogP contribution is 2.23. The van der Waals surface area contributed by atoms with Gasteiger partial charge in [-0.1, -0.05) is 199 Å². The predicted molar refractivity (Wildman–Crippen MR) is 231 cm³/mol. The van der Waals surface area contributed by atoms with Gasteiger partial charge < -0.3 is 40.3 Å². The van der Waals surface area contributed by atoms with Crippen molar-refractivity contribution >= 4 is 5.91 Å². The largest absolute Gasteiger partial charge is 0.394 e. The molecule has 0 aromatic carbocycles. The van der Waals surface area contributed by atoms with E-state index in [9.17, 15) is 30.3 Å². The number of rotatable bonds is 40. The van der Waals surface area contributed by atoms with Crippen LogP contribution in [0, 0.1) is 0 Å². The summed E-state index contributed by atoms with van der Waals surface area (Å²) in [5.41, 5.74) is 0. The molecule has 0 aromatic rings. The first-order valence-corrected chi connectivity index (χ1v) is 23.9. The normalized spacial score (nSPS) is 21.2. The molecule has 0 bridgehead atoms. The Kier molecular flexibility index (Phi) is 36.1. The summed E-state index contributed by atoms with van der Waals surface area (Å²) in [7, 11) is 0. The molecule has 0 radical (unpaired) electrons. The van der Waals surface area contributed by atoms with E-state index in [1.807, 2.05) is 0 Å². The smallest absolute Gasteiger partial charge is 0.220 e. The Bertz CT molecular complexity index is 888. The Balaban J connectivity index is 2.23. The molecule has 7 unspecified atom stereocenters. The summed E-state index contributed by atoms with van der Waals surface area (Å²) in [6.45, 7) is 3.79. The maximum atomic E-state index is 12.9. The van der Waals surface area contributed by atoms with Crippen LogP contribution >= 0.6 is 0 Å². The average Bonchev–Trinajstić information content (AvgIpc) is 3.20. The number of hydrogen-bond donors (Lipinski definition) is 6. The van der Waals surface area contributed by atoms with Gasteiger partial charge in [0.1, 0.15) is 24.4 Å². The maximum absolute atomic E-state index is 12.9. The third kappa shape index (κ3) is 28.4. The van der Waals surface area contributed by atoms with Crippen LogP contribution in [-0.2, 0) is 14.3 Å². The molecule has 1 saturated heterocycles. The van der Waals surface area contributed by atoms with Crippen molar-refractivity contribution in [3.8, 4) is 0 Å². The van der Waals surface area contributed by atoms with Crippen LogP contribution in [0.1, 0.15) is 226 Å². The molecule has 9 heteroatoms. The monoisotopic (exact) mass is 798 g/mol. The third-order valence-electron chi connectivity index (χ3n) is 11.6. The van der Waals surface area contributed by atoms with E-state index in [0.717, 1.165) is 57.8 Å². The van der Waals surface area contributed by atoms with E-state index in [1.165, 1.54) is 141 Å². The van der Waals surface area contributed by atoms with E-state index in [1.54, 1.807) is 0 Å². The summed E-state index contributed by atoms with van der Waals surface area (Å²) in [6, 6.07) is -0.720. The van der Waals surface area contributed by atoms with Gasteiger partial charge in [-0.25, -0.2) is 0 Å². The number of ether oxygens (including phenoxy) is 2. The molecule has 1 amide bonds. The molecule has 0 saturated carbocycles. The second-order valence-electron chi connectivity index (χ2n) is 16.9. The highest BCUT2D eigenvalue weighted by molar-refractivity contribution is 5.76. The van der Waals surface area contributed by atoms with Gasteiger partial charge in [0.15, 0.2) is 6.29 Å². The van der Waals surface area contributed by atoms with Crippen molar-refractivity contribution < 1.29 is 39.8 Å². The molecule has 56 heavy (non-hydrogen) atoms. The van der Waals surface area contributed by atoms with E-state index >= 15 is 0 Å². The lowest BCUT2D eigenvalue weighted by molar-refractivity contribution is -0.302. The minimum absolute atomic E-state index is 0.140. The molecule has 0 aromatic heterocycles. The molecule has 6 N–H and O–H groups in total. The predicted octanol–water partition coefficient (Wildman–Crippen LogP) is 10.1. The molecular weight excluding hydrogens is 707 g/mol. The Labute approximate surface area is 344 Å². The van der Waals surface area contributed by atoms with E-state index < -0.39 is 49.5 Å². The number of unbranched alkanes of at least 4 members (excludes halogenated alkanes) is 28. The highest BCUT2D eigenvalue weighted by atomic mass is 16.7. The van der Waals surface area contributed by atoms with Crippen molar-refractivity contribution in [1.82, 2.24) is 5.32 Å². The van der Waals surface area contributed by atoms with Gasteiger partial charge in [-0.15, -0.1) is 0 Å². The van der Waals surface area contributed by atoms with Gasteiger partial charge >= 0.3 is 0 Å². The van der Waals surface area contributed by atoms with Crippen LogP contribution < -0.4 is 5.32 Å². The first kappa shape index (κ1) is 52.9. The van der Waals surface area contributed by atoms with Gasteiger partial charge in [0.2, 0.25) is 5.91 Å². The van der Waals surface area contributed by atoms with Crippen LogP contribution in [0.2, 0.25) is 0 Å². The Morgan fingerprint density at radius 3 is 1.50 bits per heavy atom. The minimum Gasteiger partial charge on any atom is -0.394 e. The molecule has 332 valence electrons. The molecule has 0 spiro atoms. The van der Waals surface area contributed by atoms with Gasteiger partial charge in [-0.3, -0.25) is 4.79 Å². The number of nitrogens with one attached hydrogen (secondary N) is 1. The Hall–Kier alpha value is -1.07. The molecule has 0 aliphatic carbocycles. The van der Waals surface area contributed by atoms with Crippen molar-refractivity contribution in [2.24, 2.45) is 0 Å². The summed E-state index contributed by atoms with van der Waals surface area (Å²) in [4.78, 5) is 12.9. The van der Waals surface area contributed by atoms with Crippen LogP contribution in [-0.4, -0.2) is 87.5 Å².